The molecule has 1 unspecified atom stereocenters. The predicted octanol–water partition coefficient (Wildman–Crippen LogP) is 1.85. The van der Waals surface area contributed by atoms with Gasteiger partial charge in [0.25, 0.3) is 0 Å². The smallest absolute Gasteiger partial charge is 0.408 e. The zero-order valence-corrected chi connectivity index (χ0v) is 12.3. The van der Waals surface area contributed by atoms with Crippen LogP contribution in [0.1, 0.15) is 38.8 Å². The van der Waals surface area contributed by atoms with Crippen molar-refractivity contribution in [3.63, 3.8) is 0 Å². The van der Waals surface area contributed by atoms with Gasteiger partial charge in [-0.25, -0.2) is 9.18 Å². The number of benzene rings is 1. The molecule has 0 fully saturated rings. The number of amides is 2. The van der Waals surface area contributed by atoms with Crippen LogP contribution < -0.4 is 16.8 Å². The molecule has 0 aliphatic rings. The molecule has 21 heavy (non-hydrogen) atoms. The monoisotopic (exact) mass is 297 g/mol. The van der Waals surface area contributed by atoms with Gasteiger partial charge in [0, 0.05) is 11.3 Å². The van der Waals surface area contributed by atoms with Gasteiger partial charge in [-0.1, -0.05) is 0 Å². The molecule has 0 aromatic heterocycles. The van der Waals surface area contributed by atoms with Crippen molar-refractivity contribution >= 4 is 17.7 Å². The van der Waals surface area contributed by atoms with E-state index in [1.807, 2.05) is 0 Å². The minimum Gasteiger partial charge on any atom is -0.444 e. The fraction of sp³-hybridized carbons (Fsp3) is 0.429. The van der Waals surface area contributed by atoms with E-state index in [0.29, 0.717) is 5.69 Å². The van der Waals surface area contributed by atoms with Gasteiger partial charge in [-0.05, 0) is 39.0 Å². The first-order valence-electron chi connectivity index (χ1n) is 6.41. The van der Waals surface area contributed by atoms with Crippen LogP contribution in [0.5, 0.6) is 0 Å². The minimum absolute atomic E-state index is 0.0830. The third-order valence-electron chi connectivity index (χ3n) is 2.49. The molecule has 0 aliphatic carbocycles. The van der Waals surface area contributed by atoms with E-state index >= 15 is 0 Å². The highest BCUT2D eigenvalue weighted by Gasteiger charge is 2.24. The van der Waals surface area contributed by atoms with Gasteiger partial charge in [-0.2, -0.15) is 0 Å². The first kappa shape index (κ1) is 16.7. The highest BCUT2D eigenvalue weighted by molar-refractivity contribution is 5.76. The minimum atomic E-state index is -0.944. The van der Waals surface area contributed by atoms with Crippen molar-refractivity contribution in [2.75, 3.05) is 5.73 Å². The number of rotatable bonds is 4. The zero-order valence-electron chi connectivity index (χ0n) is 12.3. The first-order valence-corrected chi connectivity index (χ1v) is 6.41. The average Bonchev–Trinajstić information content (AvgIpc) is 2.28. The fourth-order valence-electron chi connectivity index (χ4n) is 1.72. The van der Waals surface area contributed by atoms with Crippen molar-refractivity contribution in [1.29, 1.82) is 0 Å². The fourth-order valence-corrected chi connectivity index (χ4v) is 1.72. The largest absolute Gasteiger partial charge is 0.444 e. The number of nitrogens with two attached hydrogens (primary N) is 2. The van der Waals surface area contributed by atoms with E-state index in [2.05, 4.69) is 5.32 Å². The maximum Gasteiger partial charge on any atom is 0.408 e. The highest BCUT2D eigenvalue weighted by atomic mass is 19.1. The summed E-state index contributed by atoms with van der Waals surface area (Å²) < 4.78 is 18.9. The molecule has 0 saturated heterocycles. The summed E-state index contributed by atoms with van der Waals surface area (Å²) in [5, 5.41) is 2.43. The molecule has 2 amide bonds. The number of halogens is 1. The summed E-state index contributed by atoms with van der Waals surface area (Å²) in [4.78, 5) is 22.9. The molecule has 0 radical (unpaired) electrons. The number of carbonyl (C=O) groups excluding carboxylic acids is 2. The second kappa shape index (κ2) is 6.43. The number of ether oxygens (including phenoxy) is 1. The second-order valence-electron chi connectivity index (χ2n) is 5.65. The standard InChI is InChI=1S/C14H20FN3O3/c1-14(2,3)21-13(20)18-11(7-12(17)19)9-6-8(16)4-5-10(9)15/h4-6,11H,7,16H2,1-3H3,(H2,17,19)(H,18,20). The van der Waals surface area contributed by atoms with Crippen LogP contribution in [0.25, 0.3) is 0 Å². The number of carbonyl (C=O) groups is 2. The van der Waals surface area contributed by atoms with Crippen LogP contribution in [0, 0.1) is 5.82 Å². The Morgan fingerprint density at radius 2 is 2.00 bits per heavy atom. The Morgan fingerprint density at radius 3 is 2.52 bits per heavy atom. The van der Waals surface area contributed by atoms with Gasteiger partial charge in [0.15, 0.2) is 0 Å². The third-order valence-corrected chi connectivity index (χ3v) is 2.49. The van der Waals surface area contributed by atoms with Gasteiger partial charge in [0.2, 0.25) is 5.91 Å². The summed E-state index contributed by atoms with van der Waals surface area (Å²) >= 11 is 0. The number of nitrogens with one attached hydrogen (secondary N) is 1. The molecule has 0 spiro atoms. The van der Waals surface area contributed by atoms with E-state index in [4.69, 9.17) is 16.2 Å². The lowest BCUT2D eigenvalue weighted by Gasteiger charge is -2.23. The number of hydrogen-bond acceptors (Lipinski definition) is 4. The quantitative estimate of drug-likeness (QED) is 0.737. The van der Waals surface area contributed by atoms with Crippen molar-refractivity contribution in [3.8, 4) is 0 Å². The molecule has 0 aliphatic heterocycles. The number of hydrogen-bond donors (Lipinski definition) is 3. The summed E-state index contributed by atoms with van der Waals surface area (Å²) in [6.45, 7) is 5.07. The molecule has 0 heterocycles. The molecule has 1 aromatic rings. The maximum atomic E-state index is 13.9. The van der Waals surface area contributed by atoms with Crippen molar-refractivity contribution in [2.24, 2.45) is 5.73 Å². The SMILES string of the molecule is CC(C)(C)OC(=O)NC(CC(N)=O)c1cc(N)ccc1F. The van der Waals surface area contributed by atoms with E-state index in [1.54, 1.807) is 20.8 Å². The van der Waals surface area contributed by atoms with Crippen LogP contribution in [-0.4, -0.2) is 17.6 Å². The van der Waals surface area contributed by atoms with Gasteiger partial charge in [0.1, 0.15) is 11.4 Å². The Labute approximate surface area is 122 Å². The van der Waals surface area contributed by atoms with Crippen LogP contribution in [-0.2, 0) is 9.53 Å². The van der Waals surface area contributed by atoms with Crippen LogP contribution in [0.4, 0.5) is 14.9 Å². The lowest BCUT2D eigenvalue weighted by atomic mass is 10.0. The summed E-state index contributed by atoms with van der Waals surface area (Å²) in [6.07, 6.45) is -1.03. The van der Waals surface area contributed by atoms with Crippen molar-refractivity contribution < 1.29 is 18.7 Å². The summed E-state index contributed by atoms with van der Waals surface area (Å²) in [6, 6.07) is 2.95. The average molecular weight is 297 g/mol. The predicted molar refractivity (Wildman–Crippen MR) is 76.7 cm³/mol. The molecule has 116 valence electrons. The maximum absolute atomic E-state index is 13.9. The number of alkyl carbamates (subject to hydrolysis) is 1. The number of primary amides is 1. The Hall–Kier alpha value is -2.31. The molecule has 0 saturated carbocycles. The molecular weight excluding hydrogens is 277 g/mol. The normalized spacial score (nSPS) is 12.6. The van der Waals surface area contributed by atoms with E-state index < -0.39 is 29.5 Å². The summed E-state index contributed by atoms with van der Waals surface area (Å²) in [7, 11) is 0. The highest BCUT2D eigenvalue weighted by Crippen LogP contribution is 2.23. The van der Waals surface area contributed by atoms with E-state index in [9.17, 15) is 14.0 Å². The lowest BCUT2D eigenvalue weighted by Crippen LogP contribution is -2.36. The number of anilines is 1. The molecule has 7 heteroatoms. The molecule has 1 rings (SSSR count). The molecule has 1 atom stereocenters. The van der Waals surface area contributed by atoms with Crippen molar-refractivity contribution in [3.05, 3.63) is 29.6 Å². The van der Waals surface area contributed by atoms with Crippen LogP contribution in [0.2, 0.25) is 0 Å². The van der Waals surface area contributed by atoms with Crippen LogP contribution in [0.15, 0.2) is 18.2 Å². The first-order chi connectivity index (χ1) is 9.58. The van der Waals surface area contributed by atoms with Crippen molar-refractivity contribution in [1.82, 2.24) is 5.32 Å². The molecule has 0 bridgehead atoms. The van der Waals surface area contributed by atoms with Gasteiger partial charge < -0.3 is 21.5 Å². The topological polar surface area (TPSA) is 107 Å². The Morgan fingerprint density at radius 1 is 1.38 bits per heavy atom. The van der Waals surface area contributed by atoms with Gasteiger partial charge >= 0.3 is 6.09 Å². The van der Waals surface area contributed by atoms with Crippen LogP contribution >= 0.6 is 0 Å². The second-order valence-corrected chi connectivity index (χ2v) is 5.65. The van der Waals surface area contributed by atoms with E-state index in [-0.39, 0.29) is 12.0 Å². The summed E-state index contributed by atoms with van der Waals surface area (Å²) in [5.74, 6) is -1.27. The van der Waals surface area contributed by atoms with Gasteiger partial charge in [0.05, 0.1) is 12.5 Å². The Balaban J connectivity index is 2.98. The van der Waals surface area contributed by atoms with E-state index in [0.717, 1.165) is 6.07 Å². The van der Waals surface area contributed by atoms with Gasteiger partial charge in [-0.15, -0.1) is 0 Å². The third kappa shape index (κ3) is 5.68. The molecule has 6 nitrogen and oxygen atoms in total. The van der Waals surface area contributed by atoms with E-state index in [1.165, 1.54) is 12.1 Å². The van der Waals surface area contributed by atoms with Crippen molar-refractivity contribution in [2.45, 2.75) is 38.8 Å². The Bertz CT molecular complexity index is 541. The lowest BCUT2D eigenvalue weighted by molar-refractivity contribution is -0.118. The Kier molecular flexibility index (Phi) is 5.12. The van der Waals surface area contributed by atoms with Gasteiger partial charge in [-0.3, -0.25) is 4.79 Å². The van der Waals surface area contributed by atoms with Crippen LogP contribution in [0.3, 0.4) is 0 Å². The summed E-state index contributed by atoms with van der Waals surface area (Å²) in [5.41, 5.74) is 10.4. The molecule has 1 aromatic carbocycles. The number of nitrogen functional groups attached to an aromatic ring is 1. The zero-order chi connectivity index (χ0) is 16.2. The molecule has 5 N–H and O–H groups in total. The molecular formula is C14H20FN3O3.